The molecule has 50 valence electrons. The highest BCUT2D eigenvalue weighted by atomic mass is 19.1. The molecular formula is C8H6FN. The van der Waals surface area contributed by atoms with Gasteiger partial charge in [0.15, 0.2) is 0 Å². The smallest absolute Gasteiger partial charge is 0.124 e. The van der Waals surface area contributed by atoms with E-state index in [-0.39, 0.29) is 11.7 Å². The largest absolute Gasteiger partial charge is 0.261 e. The van der Waals surface area contributed by atoms with Crippen LogP contribution in [0.1, 0.15) is 0 Å². The van der Waals surface area contributed by atoms with Crippen LogP contribution in [0.5, 0.6) is 0 Å². The molecule has 0 aromatic rings. The van der Waals surface area contributed by atoms with Crippen LogP contribution in [0.4, 0.5) is 4.39 Å². The second-order valence-corrected chi connectivity index (χ2v) is 2.31. The van der Waals surface area contributed by atoms with E-state index in [1.165, 1.54) is 12.2 Å². The van der Waals surface area contributed by atoms with E-state index in [2.05, 4.69) is 4.99 Å². The molecule has 10 heavy (non-hydrogen) atoms. The van der Waals surface area contributed by atoms with Crippen molar-refractivity contribution in [3.8, 4) is 0 Å². The monoisotopic (exact) mass is 135 g/mol. The number of rotatable bonds is 0. The summed E-state index contributed by atoms with van der Waals surface area (Å²) in [5, 5.41) is 0. The van der Waals surface area contributed by atoms with Crippen molar-refractivity contribution in [1.29, 1.82) is 0 Å². The Kier molecular flexibility index (Phi) is 1.07. The Morgan fingerprint density at radius 2 is 2.30 bits per heavy atom. The van der Waals surface area contributed by atoms with Crippen LogP contribution in [-0.2, 0) is 0 Å². The summed E-state index contributed by atoms with van der Waals surface area (Å²) in [6, 6.07) is 0. The number of allylic oxidation sites excluding steroid dienone is 5. The number of hydrogen-bond acceptors (Lipinski definition) is 1. The van der Waals surface area contributed by atoms with Gasteiger partial charge in [-0.2, -0.15) is 0 Å². The molecule has 0 saturated heterocycles. The SMILES string of the molecule is FC1=CC2=NC=C[C@@H]2C=C1. The van der Waals surface area contributed by atoms with E-state index >= 15 is 0 Å². The lowest BCUT2D eigenvalue weighted by atomic mass is 10.00. The van der Waals surface area contributed by atoms with Crippen LogP contribution in [-0.4, -0.2) is 5.71 Å². The van der Waals surface area contributed by atoms with Gasteiger partial charge in [0.2, 0.25) is 0 Å². The second kappa shape index (κ2) is 1.90. The molecule has 0 bridgehead atoms. The van der Waals surface area contributed by atoms with Gasteiger partial charge in [-0.3, -0.25) is 4.99 Å². The van der Waals surface area contributed by atoms with Crippen molar-refractivity contribution in [2.24, 2.45) is 10.9 Å². The van der Waals surface area contributed by atoms with E-state index in [9.17, 15) is 4.39 Å². The van der Waals surface area contributed by atoms with E-state index in [4.69, 9.17) is 0 Å². The third-order valence-electron chi connectivity index (χ3n) is 1.61. The average Bonchev–Trinajstić information content (AvgIpc) is 2.33. The van der Waals surface area contributed by atoms with Gasteiger partial charge < -0.3 is 0 Å². The molecule has 0 aromatic carbocycles. The maximum Gasteiger partial charge on any atom is 0.124 e. The average molecular weight is 135 g/mol. The molecule has 0 radical (unpaired) electrons. The van der Waals surface area contributed by atoms with Crippen LogP contribution in [0.2, 0.25) is 0 Å². The first-order valence-electron chi connectivity index (χ1n) is 3.16. The molecule has 0 aromatic heterocycles. The van der Waals surface area contributed by atoms with Gasteiger partial charge in [0.25, 0.3) is 0 Å². The molecule has 1 nitrogen and oxygen atoms in total. The van der Waals surface area contributed by atoms with E-state index < -0.39 is 0 Å². The zero-order chi connectivity index (χ0) is 6.97. The van der Waals surface area contributed by atoms with Gasteiger partial charge in [0.1, 0.15) is 5.83 Å². The molecule has 0 amide bonds. The molecule has 2 aliphatic rings. The summed E-state index contributed by atoms with van der Waals surface area (Å²) >= 11 is 0. The second-order valence-electron chi connectivity index (χ2n) is 2.31. The van der Waals surface area contributed by atoms with Crippen LogP contribution in [0.25, 0.3) is 0 Å². The van der Waals surface area contributed by atoms with Crippen molar-refractivity contribution in [3.63, 3.8) is 0 Å². The molecule has 2 rings (SSSR count). The Balaban J connectivity index is 2.39. The van der Waals surface area contributed by atoms with Gasteiger partial charge in [-0.05, 0) is 12.2 Å². The number of halogens is 1. The standard InChI is InChI=1S/C8H6FN/c9-7-2-1-6-3-4-10-8(6)5-7/h1-6H/t6-/m0/s1. The first-order valence-corrected chi connectivity index (χ1v) is 3.16. The summed E-state index contributed by atoms with van der Waals surface area (Å²) in [7, 11) is 0. The lowest BCUT2D eigenvalue weighted by Gasteiger charge is -2.06. The van der Waals surface area contributed by atoms with Gasteiger partial charge in [-0.1, -0.05) is 12.2 Å². The van der Waals surface area contributed by atoms with E-state index in [1.807, 2.05) is 6.08 Å². The highest BCUT2D eigenvalue weighted by molar-refractivity contribution is 6.02. The van der Waals surface area contributed by atoms with Gasteiger partial charge in [-0.15, -0.1) is 0 Å². The van der Waals surface area contributed by atoms with Crippen LogP contribution < -0.4 is 0 Å². The number of nitrogens with zero attached hydrogens (tertiary/aromatic N) is 1. The molecule has 0 fully saturated rings. The quantitative estimate of drug-likeness (QED) is 0.481. The third kappa shape index (κ3) is 0.727. The van der Waals surface area contributed by atoms with Crippen molar-refractivity contribution in [3.05, 3.63) is 36.3 Å². The lowest BCUT2D eigenvalue weighted by Crippen LogP contribution is -2.06. The topological polar surface area (TPSA) is 12.4 Å². The molecule has 2 heteroatoms. The highest BCUT2D eigenvalue weighted by Crippen LogP contribution is 2.20. The number of fused-ring (bicyclic) bond motifs is 1. The van der Waals surface area contributed by atoms with Crippen molar-refractivity contribution in [1.82, 2.24) is 0 Å². The fourth-order valence-electron chi connectivity index (χ4n) is 1.09. The van der Waals surface area contributed by atoms with E-state index in [1.54, 1.807) is 12.3 Å². The predicted molar refractivity (Wildman–Crippen MR) is 38.4 cm³/mol. The molecule has 1 aliphatic carbocycles. The van der Waals surface area contributed by atoms with Crippen molar-refractivity contribution in [2.45, 2.75) is 0 Å². The fourth-order valence-corrected chi connectivity index (χ4v) is 1.09. The molecule has 1 atom stereocenters. The third-order valence-corrected chi connectivity index (χ3v) is 1.61. The Morgan fingerprint density at radius 1 is 1.40 bits per heavy atom. The van der Waals surface area contributed by atoms with Crippen molar-refractivity contribution >= 4 is 5.71 Å². The molecule has 0 N–H and O–H groups in total. The normalized spacial score (nSPS) is 27.9. The minimum atomic E-state index is -0.210. The van der Waals surface area contributed by atoms with Gasteiger partial charge >= 0.3 is 0 Å². The summed E-state index contributed by atoms with van der Waals surface area (Å²) in [6.45, 7) is 0. The number of hydrogen-bond donors (Lipinski definition) is 0. The Hall–Kier alpha value is -1.18. The summed E-state index contributed by atoms with van der Waals surface area (Å²) in [4.78, 5) is 3.98. The van der Waals surface area contributed by atoms with Gasteiger partial charge in [0, 0.05) is 12.1 Å². The summed E-state index contributed by atoms with van der Waals surface area (Å²) in [5.41, 5.74) is 0.806. The Bertz CT molecular complexity index is 271. The minimum Gasteiger partial charge on any atom is -0.261 e. The molecular weight excluding hydrogens is 129 g/mol. The van der Waals surface area contributed by atoms with Crippen LogP contribution in [0.15, 0.2) is 41.3 Å². The predicted octanol–water partition coefficient (Wildman–Crippen LogP) is 1.99. The van der Waals surface area contributed by atoms with Crippen molar-refractivity contribution in [2.75, 3.05) is 0 Å². The zero-order valence-corrected chi connectivity index (χ0v) is 5.29. The fraction of sp³-hybridized carbons (Fsp3) is 0.125. The molecule has 0 saturated carbocycles. The lowest BCUT2D eigenvalue weighted by molar-refractivity contribution is 0.664. The summed E-state index contributed by atoms with van der Waals surface area (Å²) < 4.78 is 12.5. The van der Waals surface area contributed by atoms with Crippen LogP contribution in [0.3, 0.4) is 0 Å². The van der Waals surface area contributed by atoms with E-state index in [0.29, 0.717) is 0 Å². The van der Waals surface area contributed by atoms with Crippen LogP contribution in [0, 0.1) is 5.92 Å². The first-order chi connectivity index (χ1) is 4.86. The minimum absolute atomic E-state index is 0.210. The Labute approximate surface area is 58.3 Å². The van der Waals surface area contributed by atoms with Gasteiger partial charge in [-0.25, -0.2) is 4.39 Å². The van der Waals surface area contributed by atoms with Crippen LogP contribution >= 0.6 is 0 Å². The first kappa shape index (κ1) is 5.59. The van der Waals surface area contributed by atoms with E-state index in [0.717, 1.165) is 5.71 Å². The van der Waals surface area contributed by atoms with Crippen molar-refractivity contribution < 1.29 is 4.39 Å². The Morgan fingerprint density at radius 3 is 3.20 bits per heavy atom. The molecule has 0 spiro atoms. The molecule has 0 unspecified atom stereocenters. The highest BCUT2D eigenvalue weighted by Gasteiger charge is 2.15. The maximum atomic E-state index is 12.5. The summed E-state index contributed by atoms with van der Waals surface area (Å²) in [5.74, 6) is 0.0122. The number of aliphatic imine (C=N–C) groups is 1. The zero-order valence-electron chi connectivity index (χ0n) is 5.29. The van der Waals surface area contributed by atoms with Gasteiger partial charge in [0.05, 0.1) is 5.71 Å². The summed E-state index contributed by atoms with van der Waals surface area (Å²) in [6.07, 6.45) is 8.38. The molecule has 1 aliphatic heterocycles. The molecule has 1 heterocycles. The maximum absolute atomic E-state index is 12.5.